The van der Waals surface area contributed by atoms with Crippen LogP contribution in [0.4, 0.5) is 4.79 Å². The molecule has 7 heteroatoms. The number of methoxy groups -OCH3 is 1. The van der Waals surface area contributed by atoms with Gasteiger partial charge in [0, 0.05) is 11.9 Å². The number of hydrogen-bond acceptors (Lipinski definition) is 4. The predicted molar refractivity (Wildman–Crippen MR) is 116 cm³/mol. The van der Waals surface area contributed by atoms with Gasteiger partial charge in [0.15, 0.2) is 0 Å². The molecule has 0 saturated carbocycles. The first-order chi connectivity index (χ1) is 15.1. The molecule has 1 unspecified atom stereocenters. The Morgan fingerprint density at radius 3 is 2.58 bits per heavy atom. The number of carbonyl (C=O) groups excluding carboxylic acids is 2. The van der Waals surface area contributed by atoms with E-state index in [4.69, 9.17) is 9.47 Å². The number of benzene rings is 2. The third kappa shape index (κ3) is 4.12. The second-order valence-electron chi connectivity index (χ2n) is 7.20. The maximum atomic E-state index is 13.3. The van der Waals surface area contributed by atoms with Gasteiger partial charge in [0.1, 0.15) is 12.3 Å². The maximum absolute atomic E-state index is 13.3. The van der Waals surface area contributed by atoms with Crippen LogP contribution in [0.25, 0.3) is 5.69 Å². The number of rotatable bonds is 5. The monoisotopic (exact) mass is 419 g/mol. The van der Waals surface area contributed by atoms with Crippen LogP contribution in [0.5, 0.6) is 5.75 Å². The van der Waals surface area contributed by atoms with Gasteiger partial charge in [0.2, 0.25) is 0 Å². The minimum Gasteiger partial charge on any atom is -0.497 e. The minimum absolute atomic E-state index is 0.179. The van der Waals surface area contributed by atoms with Crippen LogP contribution in [0, 0.1) is 0 Å². The van der Waals surface area contributed by atoms with Gasteiger partial charge in [-0.2, -0.15) is 0 Å². The number of esters is 1. The smallest absolute Gasteiger partial charge is 0.325 e. The van der Waals surface area contributed by atoms with Crippen molar-refractivity contribution in [3.8, 4) is 11.4 Å². The SMILES string of the molecule is CCOC(=O)CNC(=O)N1Cc2ccccc2-n2cccc2C1c1ccc(OC)cc1. The van der Waals surface area contributed by atoms with Gasteiger partial charge >= 0.3 is 12.0 Å². The molecule has 31 heavy (non-hydrogen) atoms. The highest BCUT2D eigenvalue weighted by molar-refractivity contribution is 5.81. The van der Waals surface area contributed by atoms with Crippen LogP contribution in [0.1, 0.15) is 29.8 Å². The number of ether oxygens (including phenoxy) is 2. The summed E-state index contributed by atoms with van der Waals surface area (Å²) in [6, 6.07) is 19.0. The van der Waals surface area contributed by atoms with E-state index in [0.29, 0.717) is 6.54 Å². The number of carbonyl (C=O) groups is 2. The van der Waals surface area contributed by atoms with Gasteiger partial charge in [-0.1, -0.05) is 30.3 Å². The van der Waals surface area contributed by atoms with Crippen molar-refractivity contribution in [2.75, 3.05) is 20.3 Å². The molecule has 2 heterocycles. The van der Waals surface area contributed by atoms with Crippen molar-refractivity contribution in [1.82, 2.24) is 14.8 Å². The summed E-state index contributed by atoms with van der Waals surface area (Å²) in [5.74, 6) is 0.282. The lowest BCUT2D eigenvalue weighted by atomic mass is 10.0. The van der Waals surface area contributed by atoms with Gasteiger partial charge in [-0.3, -0.25) is 4.79 Å². The quantitative estimate of drug-likeness (QED) is 0.641. The maximum Gasteiger partial charge on any atom is 0.325 e. The molecule has 0 saturated heterocycles. The van der Waals surface area contributed by atoms with Crippen LogP contribution >= 0.6 is 0 Å². The molecule has 0 fully saturated rings. The summed E-state index contributed by atoms with van der Waals surface area (Å²) in [5, 5.41) is 2.72. The van der Waals surface area contributed by atoms with E-state index in [0.717, 1.165) is 28.3 Å². The molecule has 160 valence electrons. The molecular weight excluding hydrogens is 394 g/mol. The Bertz CT molecular complexity index is 1070. The topological polar surface area (TPSA) is 72.8 Å². The van der Waals surface area contributed by atoms with Crippen molar-refractivity contribution in [1.29, 1.82) is 0 Å². The molecule has 4 rings (SSSR count). The van der Waals surface area contributed by atoms with Crippen molar-refractivity contribution in [2.45, 2.75) is 19.5 Å². The van der Waals surface area contributed by atoms with E-state index in [9.17, 15) is 9.59 Å². The first kappa shape index (κ1) is 20.5. The average molecular weight is 419 g/mol. The van der Waals surface area contributed by atoms with E-state index < -0.39 is 5.97 Å². The summed E-state index contributed by atoms with van der Waals surface area (Å²) >= 11 is 0. The zero-order valence-electron chi connectivity index (χ0n) is 17.6. The zero-order chi connectivity index (χ0) is 21.8. The van der Waals surface area contributed by atoms with E-state index in [1.807, 2.05) is 66.9 Å². The number of hydrogen-bond donors (Lipinski definition) is 1. The van der Waals surface area contributed by atoms with Crippen molar-refractivity contribution in [3.63, 3.8) is 0 Å². The molecule has 2 amide bonds. The lowest BCUT2D eigenvalue weighted by Gasteiger charge is -2.31. The Hall–Kier alpha value is -3.74. The van der Waals surface area contributed by atoms with Gasteiger partial charge in [-0.05, 0) is 48.4 Å². The Kier molecular flexibility index (Phi) is 5.93. The molecule has 0 bridgehead atoms. The van der Waals surface area contributed by atoms with E-state index in [1.165, 1.54) is 0 Å². The van der Waals surface area contributed by atoms with Gasteiger partial charge < -0.3 is 24.3 Å². The molecule has 0 spiro atoms. The largest absolute Gasteiger partial charge is 0.497 e. The first-order valence-corrected chi connectivity index (χ1v) is 10.2. The lowest BCUT2D eigenvalue weighted by molar-refractivity contribution is -0.141. The van der Waals surface area contributed by atoms with Crippen LogP contribution in [-0.2, 0) is 16.1 Å². The highest BCUT2D eigenvalue weighted by Crippen LogP contribution is 2.37. The van der Waals surface area contributed by atoms with Crippen LogP contribution in [-0.4, -0.2) is 41.7 Å². The second-order valence-corrected chi connectivity index (χ2v) is 7.20. The van der Waals surface area contributed by atoms with Crippen LogP contribution in [0.15, 0.2) is 66.9 Å². The Balaban J connectivity index is 1.76. The fourth-order valence-electron chi connectivity index (χ4n) is 3.94. The molecule has 3 aromatic rings. The van der Waals surface area contributed by atoms with Crippen molar-refractivity contribution in [2.24, 2.45) is 0 Å². The Labute approximate surface area is 181 Å². The fraction of sp³-hybridized carbons (Fsp3) is 0.250. The molecular formula is C24H25N3O4. The number of aromatic nitrogens is 1. The molecule has 1 aromatic heterocycles. The molecule has 0 aliphatic carbocycles. The second kappa shape index (κ2) is 8.95. The standard InChI is InChI=1S/C24H25N3O4/c1-3-31-22(28)15-25-24(29)27-16-18-7-4-5-8-20(18)26-14-6-9-21(26)23(27)17-10-12-19(30-2)13-11-17/h4-14,23H,3,15-16H2,1-2H3,(H,25,29). The summed E-state index contributed by atoms with van der Waals surface area (Å²) in [7, 11) is 1.62. The van der Waals surface area contributed by atoms with Gasteiger partial charge in [-0.15, -0.1) is 0 Å². The summed E-state index contributed by atoms with van der Waals surface area (Å²) in [4.78, 5) is 26.8. The van der Waals surface area contributed by atoms with Crippen LogP contribution in [0.3, 0.4) is 0 Å². The number of para-hydroxylation sites is 1. The summed E-state index contributed by atoms with van der Waals surface area (Å²) < 4.78 is 12.4. The number of amides is 2. The summed E-state index contributed by atoms with van der Waals surface area (Å²) in [6.07, 6.45) is 2.00. The summed E-state index contributed by atoms with van der Waals surface area (Å²) in [6.45, 7) is 2.22. The van der Waals surface area contributed by atoms with E-state index >= 15 is 0 Å². The fourth-order valence-corrected chi connectivity index (χ4v) is 3.94. The average Bonchev–Trinajstić information content (AvgIpc) is 3.22. The Morgan fingerprint density at radius 1 is 1.06 bits per heavy atom. The third-order valence-corrected chi connectivity index (χ3v) is 5.35. The van der Waals surface area contributed by atoms with E-state index in [1.54, 1.807) is 18.9 Å². The highest BCUT2D eigenvalue weighted by atomic mass is 16.5. The summed E-state index contributed by atoms with van der Waals surface area (Å²) in [5.41, 5.74) is 3.95. The predicted octanol–water partition coefficient (Wildman–Crippen LogP) is 3.66. The van der Waals surface area contributed by atoms with Gasteiger partial charge in [0.05, 0.1) is 32.0 Å². The number of urea groups is 1. The lowest BCUT2D eigenvalue weighted by Crippen LogP contribution is -2.44. The normalized spacial score (nSPS) is 14.8. The highest BCUT2D eigenvalue weighted by Gasteiger charge is 2.33. The van der Waals surface area contributed by atoms with Crippen molar-refractivity contribution in [3.05, 3.63) is 83.7 Å². The van der Waals surface area contributed by atoms with E-state index in [2.05, 4.69) is 9.88 Å². The molecule has 7 nitrogen and oxygen atoms in total. The van der Waals surface area contributed by atoms with E-state index in [-0.39, 0.29) is 25.2 Å². The molecule has 0 radical (unpaired) electrons. The van der Waals surface area contributed by atoms with Crippen LogP contribution in [0.2, 0.25) is 0 Å². The van der Waals surface area contributed by atoms with Crippen molar-refractivity contribution >= 4 is 12.0 Å². The first-order valence-electron chi connectivity index (χ1n) is 10.2. The van der Waals surface area contributed by atoms with Gasteiger partial charge in [-0.25, -0.2) is 4.79 Å². The molecule has 1 atom stereocenters. The Morgan fingerprint density at radius 2 is 1.84 bits per heavy atom. The number of fused-ring (bicyclic) bond motifs is 3. The van der Waals surface area contributed by atoms with Gasteiger partial charge in [0.25, 0.3) is 0 Å². The number of nitrogens with zero attached hydrogens (tertiary/aromatic N) is 2. The molecule has 1 aliphatic heterocycles. The zero-order valence-corrected chi connectivity index (χ0v) is 17.6. The minimum atomic E-state index is -0.463. The number of nitrogens with one attached hydrogen (secondary N) is 1. The van der Waals surface area contributed by atoms with Crippen LogP contribution < -0.4 is 10.1 Å². The molecule has 1 N–H and O–H groups in total. The third-order valence-electron chi connectivity index (χ3n) is 5.35. The molecule has 1 aliphatic rings. The van der Waals surface area contributed by atoms with Crippen molar-refractivity contribution < 1.29 is 19.1 Å². The molecule has 2 aromatic carbocycles.